The van der Waals surface area contributed by atoms with Crippen molar-refractivity contribution < 1.29 is 14.7 Å². The highest BCUT2D eigenvalue weighted by Crippen LogP contribution is 2.29. The van der Waals surface area contributed by atoms with Gasteiger partial charge in [0.25, 0.3) is 0 Å². The van der Waals surface area contributed by atoms with Crippen LogP contribution in [0.15, 0.2) is 29.8 Å². The highest BCUT2D eigenvalue weighted by Gasteiger charge is 2.31. The standard InChI is InChI=1S/C13H12O3/c1-2-5-10-11(14)8-6-3-4-7-9(8)12(15)13(10)16/h3-4,6-7,14H,2,5H2,1H3. The van der Waals surface area contributed by atoms with E-state index >= 15 is 0 Å². The molecule has 0 bridgehead atoms. The molecule has 0 aliphatic heterocycles. The summed E-state index contributed by atoms with van der Waals surface area (Å²) in [6.07, 6.45) is 1.16. The maximum atomic E-state index is 11.8. The van der Waals surface area contributed by atoms with Crippen LogP contribution in [0.4, 0.5) is 0 Å². The van der Waals surface area contributed by atoms with Gasteiger partial charge in [-0.2, -0.15) is 0 Å². The summed E-state index contributed by atoms with van der Waals surface area (Å²) in [5.41, 5.74) is 1.01. The third-order valence-corrected chi connectivity index (χ3v) is 2.69. The van der Waals surface area contributed by atoms with Gasteiger partial charge in [-0.05, 0) is 6.42 Å². The van der Waals surface area contributed by atoms with E-state index in [-0.39, 0.29) is 11.3 Å². The lowest BCUT2D eigenvalue weighted by Crippen LogP contribution is -2.23. The van der Waals surface area contributed by atoms with Crippen LogP contribution in [-0.2, 0) is 4.79 Å². The molecule has 1 aromatic rings. The van der Waals surface area contributed by atoms with Crippen molar-refractivity contribution in [3.05, 3.63) is 41.0 Å². The fraction of sp³-hybridized carbons (Fsp3) is 0.231. The highest BCUT2D eigenvalue weighted by atomic mass is 16.3. The Morgan fingerprint density at radius 1 is 1.06 bits per heavy atom. The van der Waals surface area contributed by atoms with Gasteiger partial charge in [-0.1, -0.05) is 37.6 Å². The van der Waals surface area contributed by atoms with E-state index in [2.05, 4.69) is 0 Å². The second-order valence-electron chi connectivity index (χ2n) is 3.78. The Kier molecular flexibility index (Phi) is 2.60. The van der Waals surface area contributed by atoms with Crippen molar-refractivity contribution in [2.75, 3.05) is 0 Å². The molecule has 0 fully saturated rings. The number of carbonyl (C=O) groups excluding carboxylic acids is 2. The first-order valence-electron chi connectivity index (χ1n) is 5.27. The first-order valence-corrected chi connectivity index (χ1v) is 5.27. The van der Waals surface area contributed by atoms with Crippen molar-refractivity contribution in [1.29, 1.82) is 0 Å². The van der Waals surface area contributed by atoms with Crippen molar-refractivity contribution in [3.8, 4) is 0 Å². The summed E-state index contributed by atoms with van der Waals surface area (Å²) in [6.45, 7) is 1.90. The molecule has 0 amide bonds. The van der Waals surface area contributed by atoms with Gasteiger partial charge in [0.05, 0.1) is 0 Å². The van der Waals surface area contributed by atoms with E-state index in [4.69, 9.17) is 0 Å². The third kappa shape index (κ3) is 1.45. The molecule has 3 nitrogen and oxygen atoms in total. The van der Waals surface area contributed by atoms with Crippen molar-refractivity contribution in [2.45, 2.75) is 19.8 Å². The van der Waals surface area contributed by atoms with Gasteiger partial charge in [0.15, 0.2) is 0 Å². The fourth-order valence-electron chi connectivity index (χ4n) is 1.90. The first-order chi connectivity index (χ1) is 7.66. The topological polar surface area (TPSA) is 54.4 Å². The Hall–Kier alpha value is -1.90. The first kappa shape index (κ1) is 10.6. The third-order valence-electron chi connectivity index (χ3n) is 2.69. The normalized spacial score (nSPS) is 15.3. The SMILES string of the molecule is CCCC1=C(O)c2ccccc2C(=O)C1=O. The maximum Gasteiger partial charge on any atom is 0.234 e. The summed E-state index contributed by atoms with van der Waals surface area (Å²) in [6, 6.07) is 6.64. The molecule has 0 heterocycles. The van der Waals surface area contributed by atoms with Crippen molar-refractivity contribution in [1.82, 2.24) is 0 Å². The van der Waals surface area contributed by atoms with Gasteiger partial charge in [0.1, 0.15) is 5.76 Å². The largest absolute Gasteiger partial charge is 0.507 e. The van der Waals surface area contributed by atoms with E-state index in [1.165, 1.54) is 0 Å². The summed E-state index contributed by atoms with van der Waals surface area (Å²) in [4.78, 5) is 23.5. The molecular weight excluding hydrogens is 204 g/mol. The molecule has 16 heavy (non-hydrogen) atoms. The molecule has 0 aromatic heterocycles. The molecular formula is C13H12O3. The monoisotopic (exact) mass is 216 g/mol. The van der Waals surface area contributed by atoms with Crippen LogP contribution in [0.2, 0.25) is 0 Å². The smallest absolute Gasteiger partial charge is 0.234 e. The number of hydrogen-bond acceptors (Lipinski definition) is 3. The molecule has 82 valence electrons. The molecule has 0 saturated heterocycles. The number of fused-ring (bicyclic) bond motifs is 1. The molecule has 0 saturated carbocycles. The van der Waals surface area contributed by atoms with E-state index in [9.17, 15) is 14.7 Å². The van der Waals surface area contributed by atoms with E-state index < -0.39 is 11.6 Å². The van der Waals surface area contributed by atoms with E-state index in [0.29, 0.717) is 17.5 Å². The summed E-state index contributed by atoms with van der Waals surface area (Å²) in [7, 11) is 0. The molecule has 2 rings (SSSR count). The van der Waals surface area contributed by atoms with Gasteiger partial charge in [-0.3, -0.25) is 9.59 Å². The quantitative estimate of drug-likeness (QED) is 0.773. The molecule has 3 heteroatoms. The summed E-state index contributed by atoms with van der Waals surface area (Å²) < 4.78 is 0. The van der Waals surface area contributed by atoms with Crippen LogP contribution < -0.4 is 0 Å². The van der Waals surface area contributed by atoms with Gasteiger partial charge < -0.3 is 5.11 Å². The Labute approximate surface area is 93.4 Å². The Morgan fingerprint density at radius 2 is 1.69 bits per heavy atom. The van der Waals surface area contributed by atoms with Crippen LogP contribution in [0.25, 0.3) is 5.76 Å². The van der Waals surface area contributed by atoms with Crippen molar-refractivity contribution in [3.63, 3.8) is 0 Å². The van der Waals surface area contributed by atoms with Gasteiger partial charge in [0, 0.05) is 16.7 Å². The van der Waals surface area contributed by atoms with Gasteiger partial charge in [-0.15, -0.1) is 0 Å². The predicted molar refractivity (Wildman–Crippen MR) is 60.2 cm³/mol. The number of Topliss-reactive ketones (excluding diaryl/α,β-unsaturated/α-hetero) is 2. The molecule has 1 aliphatic rings. The number of hydrogen-bond donors (Lipinski definition) is 1. The average molecular weight is 216 g/mol. The minimum absolute atomic E-state index is 0.0398. The van der Waals surface area contributed by atoms with Crippen LogP contribution in [0.3, 0.4) is 0 Å². The Balaban J connectivity index is 2.64. The Morgan fingerprint density at radius 3 is 2.31 bits per heavy atom. The lowest BCUT2D eigenvalue weighted by atomic mass is 9.87. The van der Waals surface area contributed by atoms with Crippen LogP contribution >= 0.6 is 0 Å². The van der Waals surface area contributed by atoms with Gasteiger partial charge >= 0.3 is 0 Å². The van der Waals surface area contributed by atoms with Crippen molar-refractivity contribution >= 4 is 17.3 Å². The lowest BCUT2D eigenvalue weighted by molar-refractivity contribution is -0.112. The van der Waals surface area contributed by atoms with Crippen LogP contribution in [0, 0.1) is 0 Å². The second-order valence-corrected chi connectivity index (χ2v) is 3.78. The Bertz CT molecular complexity index is 498. The number of ketones is 2. The minimum atomic E-state index is -0.571. The van der Waals surface area contributed by atoms with E-state index in [1.807, 2.05) is 6.92 Å². The average Bonchev–Trinajstić information content (AvgIpc) is 2.32. The van der Waals surface area contributed by atoms with E-state index in [1.54, 1.807) is 24.3 Å². The molecule has 0 radical (unpaired) electrons. The molecule has 0 atom stereocenters. The van der Waals surface area contributed by atoms with E-state index in [0.717, 1.165) is 6.42 Å². The minimum Gasteiger partial charge on any atom is -0.507 e. The number of rotatable bonds is 2. The van der Waals surface area contributed by atoms with Crippen molar-refractivity contribution in [2.24, 2.45) is 0 Å². The molecule has 1 N–H and O–H groups in total. The maximum absolute atomic E-state index is 11.8. The number of allylic oxidation sites excluding steroid dienone is 1. The van der Waals surface area contributed by atoms with Crippen LogP contribution in [0.5, 0.6) is 0 Å². The molecule has 0 spiro atoms. The zero-order chi connectivity index (χ0) is 11.7. The molecule has 0 unspecified atom stereocenters. The van der Waals surface area contributed by atoms with Crippen LogP contribution in [0.1, 0.15) is 35.7 Å². The zero-order valence-corrected chi connectivity index (χ0v) is 8.99. The summed E-state index contributed by atoms with van der Waals surface area (Å²) in [5, 5.41) is 9.95. The van der Waals surface area contributed by atoms with Gasteiger partial charge in [0.2, 0.25) is 11.6 Å². The number of aliphatic hydroxyl groups excluding tert-OH is 1. The number of carbonyl (C=O) groups is 2. The summed E-state index contributed by atoms with van der Waals surface area (Å²) in [5.74, 6) is -1.13. The second kappa shape index (κ2) is 3.93. The number of aliphatic hydroxyl groups is 1. The predicted octanol–water partition coefficient (Wildman–Crippen LogP) is 2.52. The number of benzene rings is 1. The van der Waals surface area contributed by atoms with Gasteiger partial charge in [-0.25, -0.2) is 0 Å². The van der Waals surface area contributed by atoms with Crippen LogP contribution in [-0.4, -0.2) is 16.7 Å². The zero-order valence-electron chi connectivity index (χ0n) is 8.99. The fourth-order valence-corrected chi connectivity index (χ4v) is 1.90. The lowest BCUT2D eigenvalue weighted by Gasteiger charge is -2.16. The molecule has 1 aromatic carbocycles. The highest BCUT2D eigenvalue weighted by molar-refractivity contribution is 6.52. The summed E-state index contributed by atoms with van der Waals surface area (Å²) >= 11 is 0. The molecule has 1 aliphatic carbocycles.